The van der Waals surface area contributed by atoms with Gasteiger partial charge in [0.1, 0.15) is 11.9 Å². The minimum absolute atomic E-state index is 0.202. The van der Waals surface area contributed by atoms with Crippen LogP contribution in [0.1, 0.15) is 38.2 Å². The highest BCUT2D eigenvalue weighted by Crippen LogP contribution is 2.15. The summed E-state index contributed by atoms with van der Waals surface area (Å²) in [5.41, 5.74) is 0.758. The molecule has 0 bridgehead atoms. The molecule has 1 atom stereocenters. The fraction of sp³-hybridized carbons (Fsp3) is 0.591. The Bertz CT molecular complexity index is 749. The lowest BCUT2D eigenvalue weighted by Crippen LogP contribution is -2.60. The van der Waals surface area contributed by atoms with Crippen molar-refractivity contribution in [3.8, 4) is 0 Å². The second-order valence-corrected chi connectivity index (χ2v) is 7.97. The summed E-state index contributed by atoms with van der Waals surface area (Å²) in [7, 11) is 0. The van der Waals surface area contributed by atoms with E-state index in [1.54, 1.807) is 12.1 Å². The van der Waals surface area contributed by atoms with Gasteiger partial charge in [0.05, 0.1) is 0 Å². The van der Waals surface area contributed by atoms with Crippen LogP contribution in [0.4, 0.5) is 4.39 Å². The minimum Gasteiger partial charge on any atom is -0.354 e. The van der Waals surface area contributed by atoms with Crippen molar-refractivity contribution in [2.75, 3.05) is 39.3 Å². The van der Waals surface area contributed by atoms with Crippen LogP contribution in [0.15, 0.2) is 24.3 Å². The summed E-state index contributed by atoms with van der Waals surface area (Å²) in [6.07, 6.45) is 3.82. The van der Waals surface area contributed by atoms with E-state index in [1.807, 2.05) is 6.92 Å². The summed E-state index contributed by atoms with van der Waals surface area (Å²) in [4.78, 5) is 43.1. The van der Waals surface area contributed by atoms with Crippen molar-refractivity contribution in [1.82, 2.24) is 20.0 Å². The molecule has 2 saturated heterocycles. The van der Waals surface area contributed by atoms with Crippen LogP contribution in [-0.4, -0.2) is 77.7 Å². The van der Waals surface area contributed by atoms with Gasteiger partial charge >= 0.3 is 11.8 Å². The molecule has 0 aromatic heterocycles. The maximum atomic E-state index is 13.1. The Morgan fingerprint density at radius 2 is 1.77 bits per heavy atom. The summed E-state index contributed by atoms with van der Waals surface area (Å²) >= 11 is 0. The third-order valence-electron chi connectivity index (χ3n) is 5.84. The van der Waals surface area contributed by atoms with Crippen molar-refractivity contribution >= 4 is 17.7 Å². The number of nitrogens with one attached hydrogen (secondary N) is 1. The SMILES string of the molecule is CCC(C(=O)NCCCN1CCCC1)N1CCN(Cc2ccc(F)cc2)C(=O)C1=O. The van der Waals surface area contributed by atoms with Crippen LogP contribution in [0.25, 0.3) is 0 Å². The molecular weight excluding hydrogens is 387 g/mol. The molecule has 7 nitrogen and oxygen atoms in total. The highest BCUT2D eigenvalue weighted by atomic mass is 19.1. The lowest BCUT2D eigenvalue weighted by atomic mass is 10.1. The Labute approximate surface area is 177 Å². The van der Waals surface area contributed by atoms with Crippen molar-refractivity contribution < 1.29 is 18.8 Å². The zero-order chi connectivity index (χ0) is 21.5. The third kappa shape index (κ3) is 5.56. The highest BCUT2D eigenvalue weighted by molar-refractivity contribution is 6.35. The van der Waals surface area contributed by atoms with E-state index < -0.39 is 17.9 Å². The predicted octanol–water partition coefficient (Wildman–Crippen LogP) is 1.38. The maximum Gasteiger partial charge on any atom is 0.312 e. The Balaban J connectivity index is 1.49. The molecule has 8 heteroatoms. The first kappa shape index (κ1) is 22.2. The van der Waals surface area contributed by atoms with E-state index in [2.05, 4.69) is 10.2 Å². The molecule has 2 heterocycles. The van der Waals surface area contributed by atoms with Crippen LogP contribution in [0.5, 0.6) is 0 Å². The molecule has 0 aliphatic carbocycles. The molecule has 30 heavy (non-hydrogen) atoms. The van der Waals surface area contributed by atoms with E-state index in [4.69, 9.17) is 0 Å². The van der Waals surface area contributed by atoms with Gasteiger partial charge < -0.3 is 20.0 Å². The number of likely N-dealkylation sites (tertiary alicyclic amines) is 1. The summed E-state index contributed by atoms with van der Waals surface area (Å²) in [6.45, 7) is 6.55. The number of piperazine rings is 1. The molecule has 164 valence electrons. The van der Waals surface area contributed by atoms with Gasteiger partial charge in [-0.2, -0.15) is 0 Å². The highest BCUT2D eigenvalue weighted by Gasteiger charge is 2.38. The molecule has 2 aliphatic rings. The fourth-order valence-electron chi connectivity index (χ4n) is 4.13. The minimum atomic E-state index is -0.651. The second kappa shape index (κ2) is 10.5. The largest absolute Gasteiger partial charge is 0.354 e. The van der Waals surface area contributed by atoms with Crippen LogP contribution in [0, 0.1) is 5.82 Å². The van der Waals surface area contributed by atoms with Gasteiger partial charge in [-0.15, -0.1) is 0 Å². The molecule has 1 unspecified atom stereocenters. The molecule has 2 aliphatic heterocycles. The molecule has 1 aromatic rings. The van der Waals surface area contributed by atoms with E-state index in [1.165, 1.54) is 34.8 Å². The molecule has 2 fully saturated rings. The summed E-state index contributed by atoms with van der Waals surface area (Å²) in [5.74, 6) is -1.82. The molecular formula is C22H31FN4O3. The number of rotatable bonds is 9. The number of amides is 3. The molecule has 0 saturated carbocycles. The molecule has 0 radical (unpaired) electrons. The number of halogens is 1. The average molecular weight is 419 g/mol. The van der Waals surface area contributed by atoms with Gasteiger partial charge in [0.15, 0.2) is 0 Å². The molecule has 1 aromatic carbocycles. The van der Waals surface area contributed by atoms with Gasteiger partial charge in [0, 0.05) is 26.2 Å². The van der Waals surface area contributed by atoms with Gasteiger partial charge in [-0.1, -0.05) is 19.1 Å². The van der Waals surface area contributed by atoms with Crippen molar-refractivity contribution in [2.45, 2.75) is 45.2 Å². The first-order chi connectivity index (χ1) is 14.5. The van der Waals surface area contributed by atoms with Gasteiger partial charge in [-0.25, -0.2) is 4.39 Å². The second-order valence-electron chi connectivity index (χ2n) is 7.97. The van der Waals surface area contributed by atoms with Crippen LogP contribution in [-0.2, 0) is 20.9 Å². The predicted molar refractivity (Wildman–Crippen MR) is 111 cm³/mol. The zero-order valence-electron chi connectivity index (χ0n) is 17.6. The van der Waals surface area contributed by atoms with Crippen molar-refractivity contribution in [2.24, 2.45) is 0 Å². The van der Waals surface area contributed by atoms with E-state index >= 15 is 0 Å². The number of carbonyl (C=O) groups is 3. The number of carbonyl (C=O) groups excluding carboxylic acids is 3. The van der Waals surface area contributed by atoms with Crippen LogP contribution in [0.2, 0.25) is 0 Å². The Morgan fingerprint density at radius 1 is 1.07 bits per heavy atom. The van der Waals surface area contributed by atoms with Crippen molar-refractivity contribution in [3.05, 3.63) is 35.6 Å². The maximum absolute atomic E-state index is 13.1. The normalized spacial score (nSPS) is 18.7. The molecule has 1 N–H and O–H groups in total. The van der Waals surface area contributed by atoms with Gasteiger partial charge in [0.25, 0.3) is 0 Å². The van der Waals surface area contributed by atoms with Crippen LogP contribution < -0.4 is 5.32 Å². The zero-order valence-corrected chi connectivity index (χ0v) is 17.6. The van der Waals surface area contributed by atoms with E-state index in [9.17, 15) is 18.8 Å². The molecule has 0 spiro atoms. The first-order valence-corrected chi connectivity index (χ1v) is 10.8. The topological polar surface area (TPSA) is 73.0 Å². The number of hydrogen-bond acceptors (Lipinski definition) is 4. The lowest BCUT2D eigenvalue weighted by Gasteiger charge is -2.37. The third-order valence-corrected chi connectivity index (χ3v) is 5.84. The lowest BCUT2D eigenvalue weighted by molar-refractivity contribution is -0.159. The van der Waals surface area contributed by atoms with Crippen molar-refractivity contribution in [3.63, 3.8) is 0 Å². The van der Waals surface area contributed by atoms with Crippen LogP contribution in [0.3, 0.4) is 0 Å². The average Bonchev–Trinajstić information content (AvgIpc) is 3.26. The summed E-state index contributed by atoms with van der Waals surface area (Å²) in [5, 5.41) is 2.93. The smallest absolute Gasteiger partial charge is 0.312 e. The van der Waals surface area contributed by atoms with E-state index in [0.717, 1.165) is 31.6 Å². The Kier molecular flexibility index (Phi) is 7.79. The summed E-state index contributed by atoms with van der Waals surface area (Å²) < 4.78 is 13.1. The van der Waals surface area contributed by atoms with Gasteiger partial charge in [0.2, 0.25) is 5.91 Å². The molecule has 3 amide bonds. The number of hydrogen-bond donors (Lipinski definition) is 1. The number of benzene rings is 1. The first-order valence-electron chi connectivity index (χ1n) is 10.8. The van der Waals surface area contributed by atoms with E-state index in [-0.39, 0.29) is 18.3 Å². The Morgan fingerprint density at radius 3 is 2.43 bits per heavy atom. The van der Waals surface area contributed by atoms with Gasteiger partial charge in [-0.3, -0.25) is 14.4 Å². The number of nitrogens with zero attached hydrogens (tertiary/aromatic N) is 3. The Hall–Kier alpha value is -2.48. The van der Waals surface area contributed by atoms with E-state index in [0.29, 0.717) is 26.1 Å². The quantitative estimate of drug-likeness (QED) is 0.486. The van der Waals surface area contributed by atoms with Crippen LogP contribution >= 0.6 is 0 Å². The van der Waals surface area contributed by atoms with Gasteiger partial charge in [-0.05, 0) is 63.0 Å². The fourth-order valence-corrected chi connectivity index (χ4v) is 4.13. The summed E-state index contributed by atoms with van der Waals surface area (Å²) in [6, 6.07) is 5.23. The standard InChI is InChI=1S/C22H31FN4O3/c1-2-19(20(28)24-10-5-13-25-11-3-4-12-25)27-15-14-26(21(29)22(27)30)16-17-6-8-18(23)9-7-17/h6-9,19H,2-5,10-16H2,1H3,(H,24,28). The van der Waals surface area contributed by atoms with Crippen molar-refractivity contribution in [1.29, 1.82) is 0 Å². The monoisotopic (exact) mass is 418 g/mol. The molecule has 3 rings (SSSR count).